The fraction of sp³-hybridized carbons (Fsp3) is 0.500. The molecule has 8 heteroatoms. The van der Waals surface area contributed by atoms with Gasteiger partial charge in [0.15, 0.2) is 0 Å². The molecule has 0 aliphatic carbocycles. The Labute approximate surface area is 157 Å². The molecule has 0 bridgehead atoms. The molecule has 1 unspecified atom stereocenters. The molecule has 1 aliphatic rings. The van der Waals surface area contributed by atoms with Gasteiger partial charge in [-0.1, -0.05) is 12.1 Å². The number of ether oxygens (including phenoxy) is 2. The molecule has 2 heterocycles. The third kappa shape index (κ3) is 4.50. The molecular formula is C18H24N4O3S. The standard InChI is InChI=1S/C18H24N4O3S/c1-24-10-8-19-17(23)15-7-4-9-22(15)18-20-16(21-26-18)12-13-5-3-6-14(11-13)25-2/h3,5-6,11,15H,4,7-10,12H2,1-2H3,(H,19,23). The summed E-state index contributed by atoms with van der Waals surface area (Å²) < 4.78 is 14.7. The van der Waals surface area contributed by atoms with Gasteiger partial charge >= 0.3 is 0 Å². The van der Waals surface area contributed by atoms with E-state index in [1.54, 1.807) is 14.2 Å². The second-order valence-electron chi connectivity index (χ2n) is 6.16. The van der Waals surface area contributed by atoms with Crippen molar-refractivity contribution in [1.29, 1.82) is 0 Å². The van der Waals surface area contributed by atoms with Gasteiger partial charge in [-0.15, -0.1) is 0 Å². The fourth-order valence-corrected chi connectivity index (χ4v) is 3.82. The van der Waals surface area contributed by atoms with Crippen LogP contribution in [-0.2, 0) is 16.0 Å². The molecule has 1 aromatic heterocycles. The molecule has 1 amide bonds. The van der Waals surface area contributed by atoms with Crippen molar-refractivity contribution in [2.45, 2.75) is 25.3 Å². The molecular weight excluding hydrogens is 352 g/mol. The lowest BCUT2D eigenvalue weighted by molar-refractivity contribution is -0.122. The predicted molar refractivity (Wildman–Crippen MR) is 101 cm³/mol. The average Bonchev–Trinajstić information content (AvgIpc) is 3.31. The van der Waals surface area contributed by atoms with E-state index >= 15 is 0 Å². The largest absolute Gasteiger partial charge is 0.497 e. The van der Waals surface area contributed by atoms with Crippen molar-refractivity contribution in [3.05, 3.63) is 35.7 Å². The molecule has 1 atom stereocenters. The lowest BCUT2D eigenvalue weighted by Gasteiger charge is -2.22. The van der Waals surface area contributed by atoms with Crippen molar-refractivity contribution in [3.63, 3.8) is 0 Å². The molecule has 7 nitrogen and oxygen atoms in total. The maximum atomic E-state index is 12.4. The second-order valence-corrected chi connectivity index (χ2v) is 6.89. The molecule has 0 spiro atoms. The highest BCUT2D eigenvalue weighted by molar-refractivity contribution is 7.09. The minimum Gasteiger partial charge on any atom is -0.497 e. The molecule has 0 saturated carbocycles. The van der Waals surface area contributed by atoms with Gasteiger partial charge < -0.3 is 19.7 Å². The zero-order chi connectivity index (χ0) is 18.4. The fourth-order valence-electron chi connectivity index (χ4n) is 3.06. The van der Waals surface area contributed by atoms with Crippen LogP contribution in [0, 0.1) is 0 Å². The Hall–Kier alpha value is -2.19. The summed E-state index contributed by atoms with van der Waals surface area (Å²) in [5.41, 5.74) is 1.10. The molecule has 0 radical (unpaired) electrons. The number of nitrogens with zero attached hydrogens (tertiary/aromatic N) is 3. The number of hydrogen-bond acceptors (Lipinski definition) is 7. The molecule has 1 aromatic carbocycles. The summed E-state index contributed by atoms with van der Waals surface area (Å²) >= 11 is 1.35. The molecule has 1 N–H and O–H groups in total. The highest BCUT2D eigenvalue weighted by Gasteiger charge is 2.32. The minimum absolute atomic E-state index is 0.0316. The van der Waals surface area contributed by atoms with Gasteiger partial charge in [0, 0.05) is 38.2 Å². The number of benzene rings is 1. The summed E-state index contributed by atoms with van der Waals surface area (Å²) in [6, 6.07) is 7.72. The van der Waals surface area contributed by atoms with Crippen LogP contribution in [0.15, 0.2) is 24.3 Å². The van der Waals surface area contributed by atoms with Crippen LogP contribution < -0.4 is 15.0 Å². The number of methoxy groups -OCH3 is 2. The van der Waals surface area contributed by atoms with Crippen LogP contribution in [0.2, 0.25) is 0 Å². The quantitative estimate of drug-likeness (QED) is 0.709. The van der Waals surface area contributed by atoms with Gasteiger partial charge in [0.1, 0.15) is 17.6 Å². The monoisotopic (exact) mass is 376 g/mol. The Bertz CT molecular complexity index is 737. The summed E-state index contributed by atoms with van der Waals surface area (Å²) in [6.07, 6.45) is 2.46. The molecule has 1 saturated heterocycles. The van der Waals surface area contributed by atoms with E-state index in [1.807, 2.05) is 24.3 Å². The molecule has 2 aromatic rings. The second kappa shape index (κ2) is 8.95. The Kier molecular flexibility index (Phi) is 6.40. The first-order valence-corrected chi connectivity index (χ1v) is 9.47. The lowest BCUT2D eigenvalue weighted by Crippen LogP contribution is -2.44. The van der Waals surface area contributed by atoms with Crippen LogP contribution in [0.25, 0.3) is 0 Å². The van der Waals surface area contributed by atoms with E-state index in [0.717, 1.165) is 41.7 Å². The maximum Gasteiger partial charge on any atom is 0.242 e. The Morgan fingerprint density at radius 3 is 3.12 bits per heavy atom. The molecule has 1 aliphatic heterocycles. The highest BCUT2D eigenvalue weighted by atomic mass is 32.1. The number of aromatic nitrogens is 2. The van der Waals surface area contributed by atoms with Crippen molar-refractivity contribution in [1.82, 2.24) is 14.7 Å². The molecule has 1 fully saturated rings. The Balaban J connectivity index is 1.65. The van der Waals surface area contributed by atoms with Crippen LogP contribution in [0.1, 0.15) is 24.2 Å². The number of anilines is 1. The Morgan fingerprint density at radius 1 is 1.42 bits per heavy atom. The van der Waals surface area contributed by atoms with Crippen molar-refractivity contribution >= 4 is 22.6 Å². The summed E-state index contributed by atoms with van der Waals surface area (Å²) in [5.74, 6) is 1.62. The first-order chi connectivity index (χ1) is 12.7. The van der Waals surface area contributed by atoms with Gasteiger partial charge in [0.05, 0.1) is 13.7 Å². The number of rotatable bonds is 8. The summed E-state index contributed by atoms with van der Waals surface area (Å²) in [5, 5.41) is 3.73. The van der Waals surface area contributed by atoms with E-state index in [4.69, 9.17) is 9.47 Å². The predicted octanol–water partition coefficient (Wildman–Crippen LogP) is 1.87. The maximum absolute atomic E-state index is 12.4. The zero-order valence-corrected chi connectivity index (χ0v) is 15.9. The zero-order valence-electron chi connectivity index (χ0n) is 15.1. The molecule has 26 heavy (non-hydrogen) atoms. The molecule has 3 rings (SSSR count). The van der Waals surface area contributed by atoms with Crippen LogP contribution in [0.3, 0.4) is 0 Å². The average molecular weight is 376 g/mol. The minimum atomic E-state index is -0.176. The SMILES string of the molecule is COCCNC(=O)C1CCCN1c1nc(Cc2cccc(OC)c2)ns1. The van der Waals surface area contributed by atoms with E-state index in [9.17, 15) is 4.79 Å². The van der Waals surface area contributed by atoms with Crippen LogP contribution in [0.4, 0.5) is 5.13 Å². The van der Waals surface area contributed by atoms with Crippen molar-refractivity contribution in [2.24, 2.45) is 0 Å². The van der Waals surface area contributed by atoms with Crippen molar-refractivity contribution < 1.29 is 14.3 Å². The normalized spacial score (nSPS) is 16.7. The lowest BCUT2D eigenvalue weighted by atomic mass is 10.1. The Morgan fingerprint density at radius 2 is 2.31 bits per heavy atom. The van der Waals surface area contributed by atoms with Gasteiger partial charge in [-0.2, -0.15) is 4.37 Å². The first kappa shape index (κ1) is 18.6. The summed E-state index contributed by atoms with van der Waals surface area (Å²) in [4.78, 5) is 19.1. The third-order valence-corrected chi connectivity index (χ3v) is 5.15. The van der Waals surface area contributed by atoms with Crippen molar-refractivity contribution in [3.8, 4) is 5.75 Å². The third-order valence-electron chi connectivity index (χ3n) is 4.36. The van der Waals surface area contributed by atoms with Crippen molar-refractivity contribution in [2.75, 3.05) is 38.8 Å². The van der Waals surface area contributed by atoms with E-state index in [0.29, 0.717) is 19.6 Å². The first-order valence-electron chi connectivity index (χ1n) is 8.70. The number of carbonyl (C=O) groups excluding carboxylic acids is 1. The van der Waals surface area contributed by atoms with E-state index in [2.05, 4.69) is 19.6 Å². The number of hydrogen-bond donors (Lipinski definition) is 1. The topological polar surface area (TPSA) is 76.6 Å². The number of carbonyl (C=O) groups is 1. The molecule has 140 valence electrons. The van der Waals surface area contributed by atoms with E-state index < -0.39 is 0 Å². The van der Waals surface area contributed by atoms with Crippen LogP contribution in [0.5, 0.6) is 5.75 Å². The van der Waals surface area contributed by atoms with Gasteiger partial charge in [0.25, 0.3) is 0 Å². The number of amides is 1. The smallest absolute Gasteiger partial charge is 0.242 e. The number of nitrogens with one attached hydrogen (secondary N) is 1. The summed E-state index contributed by atoms with van der Waals surface area (Å²) in [6.45, 7) is 1.87. The van der Waals surface area contributed by atoms with Crippen LogP contribution in [-0.4, -0.2) is 55.2 Å². The van der Waals surface area contributed by atoms with Gasteiger partial charge in [-0.05, 0) is 30.5 Å². The van der Waals surface area contributed by atoms with E-state index in [1.165, 1.54) is 11.5 Å². The van der Waals surface area contributed by atoms with Gasteiger partial charge in [-0.25, -0.2) is 4.98 Å². The van der Waals surface area contributed by atoms with Crippen LogP contribution >= 0.6 is 11.5 Å². The van der Waals surface area contributed by atoms with Gasteiger partial charge in [-0.3, -0.25) is 4.79 Å². The highest BCUT2D eigenvalue weighted by Crippen LogP contribution is 2.28. The van der Waals surface area contributed by atoms with E-state index in [-0.39, 0.29) is 11.9 Å². The summed E-state index contributed by atoms with van der Waals surface area (Å²) in [7, 11) is 3.28. The van der Waals surface area contributed by atoms with Gasteiger partial charge in [0.2, 0.25) is 11.0 Å².